The number of nitrogens with zero attached hydrogens (tertiary/aromatic N) is 5. The highest BCUT2D eigenvalue weighted by Crippen LogP contribution is 2.33. The van der Waals surface area contributed by atoms with Crippen molar-refractivity contribution >= 4 is 22.3 Å². The van der Waals surface area contributed by atoms with Crippen molar-refractivity contribution in [1.29, 1.82) is 0 Å². The molecule has 3 heterocycles. The zero-order chi connectivity index (χ0) is 23.1. The molecule has 0 fully saturated rings. The number of aromatic nitrogens is 5. The van der Waals surface area contributed by atoms with E-state index in [2.05, 4.69) is 59.7 Å². The van der Waals surface area contributed by atoms with Gasteiger partial charge in [-0.05, 0) is 43.5 Å². The Hall–Kier alpha value is -4.13. The Bertz CT molecular complexity index is 1480. The van der Waals surface area contributed by atoms with Gasteiger partial charge in [-0.15, -0.1) is 0 Å². The number of imidazole rings is 2. The van der Waals surface area contributed by atoms with E-state index in [0.717, 1.165) is 62.2 Å². The molecule has 0 unspecified atom stereocenters. The number of pyridine rings is 1. The number of aryl methyl sites for hydroxylation is 2. The zero-order valence-corrected chi connectivity index (χ0v) is 19.4. The number of ether oxygens (including phenoxy) is 1. The first kappa shape index (κ1) is 20.8. The molecule has 0 aliphatic carbocycles. The minimum absolute atomic E-state index is 0.743. The number of hydrogen-bond acceptors (Lipinski definition) is 5. The summed E-state index contributed by atoms with van der Waals surface area (Å²) >= 11 is 0. The fourth-order valence-electron chi connectivity index (χ4n) is 4.00. The molecule has 0 atom stereocenters. The summed E-state index contributed by atoms with van der Waals surface area (Å²) in [5.41, 5.74) is 5.15. The molecule has 33 heavy (non-hydrogen) atoms. The van der Waals surface area contributed by atoms with Crippen molar-refractivity contribution in [2.45, 2.75) is 13.8 Å². The van der Waals surface area contributed by atoms with Crippen LogP contribution >= 0.6 is 0 Å². The second kappa shape index (κ2) is 8.09. The van der Waals surface area contributed by atoms with Crippen LogP contribution in [-0.4, -0.2) is 31.2 Å². The molecule has 5 aromatic rings. The van der Waals surface area contributed by atoms with E-state index in [1.165, 1.54) is 0 Å². The Morgan fingerprint density at radius 2 is 1.36 bits per heavy atom. The van der Waals surface area contributed by atoms with Gasteiger partial charge in [-0.3, -0.25) is 0 Å². The van der Waals surface area contributed by atoms with Crippen molar-refractivity contribution in [3.63, 3.8) is 0 Å². The molecule has 0 spiro atoms. The van der Waals surface area contributed by atoms with Gasteiger partial charge in [0, 0.05) is 36.8 Å². The maximum absolute atomic E-state index is 5.68. The SMILES string of the molecule is COc1cc(-c2cnc(C)n2C)ccc1Nc1cc2cc(-c3cnc(C)n3C)ccc2cn1. The lowest BCUT2D eigenvalue weighted by atomic mass is 10.1. The van der Waals surface area contributed by atoms with Crippen LogP contribution in [0.25, 0.3) is 33.3 Å². The second-order valence-corrected chi connectivity index (χ2v) is 8.17. The predicted molar refractivity (Wildman–Crippen MR) is 132 cm³/mol. The highest BCUT2D eigenvalue weighted by Gasteiger charge is 2.12. The Labute approximate surface area is 192 Å². The monoisotopic (exact) mass is 438 g/mol. The Morgan fingerprint density at radius 3 is 1.97 bits per heavy atom. The molecule has 7 heteroatoms. The summed E-state index contributed by atoms with van der Waals surface area (Å²) in [4.78, 5) is 13.4. The molecule has 0 aliphatic rings. The van der Waals surface area contributed by atoms with E-state index in [4.69, 9.17) is 4.74 Å². The lowest BCUT2D eigenvalue weighted by Crippen LogP contribution is -1.99. The van der Waals surface area contributed by atoms with Crippen LogP contribution < -0.4 is 10.1 Å². The summed E-state index contributed by atoms with van der Waals surface area (Å²) in [6, 6.07) is 14.5. The summed E-state index contributed by atoms with van der Waals surface area (Å²) in [6.07, 6.45) is 5.67. The van der Waals surface area contributed by atoms with E-state index >= 15 is 0 Å². The molecular weight excluding hydrogens is 412 g/mol. The van der Waals surface area contributed by atoms with Gasteiger partial charge in [-0.2, -0.15) is 0 Å². The molecule has 0 bridgehead atoms. The van der Waals surface area contributed by atoms with E-state index in [9.17, 15) is 0 Å². The molecule has 0 radical (unpaired) electrons. The topological polar surface area (TPSA) is 69.8 Å². The maximum atomic E-state index is 5.68. The van der Waals surface area contributed by atoms with Crippen LogP contribution in [0.4, 0.5) is 11.5 Å². The molecule has 2 aromatic carbocycles. The van der Waals surface area contributed by atoms with Crippen molar-refractivity contribution < 1.29 is 4.74 Å². The van der Waals surface area contributed by atoms with Crippen molar-refractivity contribution in [2.75, 3.05) is 12.4 Å². The first-order chi connectivity index (χ1) is 15.9. The number of methoxy groups -OCH3 is 1. The normalized spacial score (nSPS) is 11.2. The number of fused-ring (bicyclic) bond motifs is 1. The quantitative estimate of drug-likeness (QED) is 0.398. The van der Waals surface area contributed by atoms with Crippen LogP contribution in [0, 0.1) is 13.8 Å². The number of nitrogens with one attached hydrogen (secondary N) is 1. The minimum Gasteiger partial charge on any atom is -0.495 e. The molecule has 1 N–H and O–H groups in total. The number of anilines is 2. The van der Waals surface area contributed by atoms with Gasteiger partial charge in [0.25, 0.3) is 0 Å². The van der Waals surface area contributed by atoms with Gasteiger partial charge in [-0.25, -0.2) is 15.0 Å². The van der Waals surface area contributed by atoms with Gasteiger partial charge in [0.15, 0.2) is 0 Å². The van der Waals surface area contributed by atoms with Crippen molar-refractivity contribution in [2.24, 2.45) is 14.1 Å². The standard InChI is InChI=1S/C26H26N6O/c1-16-27-14-23(31(16)3)18-6-7-20-13-29-26(12-21(20)10-18)30-22-9-8-19(11-25(22)33-5)24-15-28-17(2)32(24)4/h6-15H,1-5H3,(H,29,30). The second-order valence-electron chi connectivity index (χ2n) is 8.17. The summed E-state index contributed by atoms with van der Waals surface area (Å²) < 4.78 is 9.84. The zero-order valence-electron chi connectivity index (χ0n) is 19.4. The third-order valence-corrected chi connectivity index (χ3v) is 6.22. The van der Waals surface area contributed by atoms with Gasteiger partial charge in [0.2, 0.25) is 0 Å². The maximum Gasteiger partial charge on any atom is 0.143 e. The van der Waals surface area contributed by atoms with Crippen molar-refractivity contribution in [3.8, 4) is 28.3 Å². The Morgan fingerprint density at radius 1 is 0.727 bits per heavy atom. The average molecular weight is 439 g/mol. The number of benzene rings is 2. The highest BCUT2D eigenvalue weighted by atomic mass is 16.5. The Balaban J connectivity index is 1.48. The van der Waals surface area contributed by atoms with Crippen molar-refractivity contribution in [1.82, 2.24) is 24.1 Å². The fourth-order valence-corrected chi connectivity index (χ4v) is 4.00. The molecule has 0 amide bonds. The van der Waals surface area contributed by atoms with Crippen LogP contribution in [-0.2, 0) is 14.1 Å². The summed E-state index contributed by atoms with van der Waals surface area (Å²) in [6.45, 7) is 3.99. The smallest absolute Gasteiger partial charge is 0.143 e. The minimum atomic E-state index is 0.743. The molecule has 7 nitrogen and oxygen atoms in total. The first-order valence-corrected chi connectivity index (χ1v) is 10.8. The van der Waals surface area contributed by atoms with Crippen molar-refractivity contribution in [3.05, 3.63) is 72.7 Å². The summed E-state index contributed by atoms with van der Waals surface area (Å²) in [5.74, 6) is 3.45. The largest absolute Gasteiger partial charge is 0.495 e. The number of hydrogen-bond donors (Lipinski definition) is 1. The lowest BCUT2D eigenvalue weighted by Gasteiger charge is -2.13. The van der Waals surface area contributed by atoms with Gasteiger partial charge < -0.3 is 19.2 Å². The molecule has 5 rings (SSSR count). The molecule has 0 saturated heterocycles. The summed E-state index contributed by atoms with van der Waals surface area (Å²) in [5, 5.41) is 5.60. The molecule has 3 aromatic heterocycles. The lowest BCUT2D eigenvalue weighted by molar-refractivity contribution is 0.417. The molecular formula is C26H26N6O. The molecule has 0 saturated carbocycles. The van der Waals surface area contributed by atoms with E-state index in [1.807, 2.05) is 58.7 Å². The average Bonchev–Trinajstić information content (AvgIpc) is 3.34. The van der Waals surface area contributed by atoms with E-state index in [1.54, 1.807) is 7.11 Å². The first-order valence-electron chi connectivity index (χ1n) is 10.8. The molecule has 166 valence electrons. The van der Waals surface area contributed by atoms with Gasteiger partial charge in [0.05, 0.1) is 36.6 Å². The predicted octanol–water partition coefficient (Wildman–Crippen LogP) is 5.40. The Kier molecular flexibility index (Phi) is 5.09. The van der Waals surface area contributed by atoms with Gasteiger partial charge in [0.1, 0.15) is 23.2 Å². The van der Waals surface area contributed by atoms with Crippen LogP contribution in [0.1, 0.15) is 11.6 Å². The van der Waals surface area contributed by atoms with E-state index in [-0.39, 0.29) is 0 Å². The van der Waals surface area contributed by atoms with E-state index in [0.29, 0.717) is 0 Å². The van der Waals surface area contributed by atoms with E-state index < -0.39 is 0 Å². The fraction of sp³-hybridized carbons (Fsp3) is 0.192. The van der Waals surface area contributed by atoms with Gasteiger partial charge >= 0.3 is 0 Å². The third-order valence-electron chi connectivity index (χ3n) is 6.22. The number of rotatable bonds is 5. The van der Waals surface area contributed by atoms with Gasteiger partial charge in [-0.1, -0.05) is 18.2 Å². The highest BCUT2D eigenvalue weighted by molar-refractivity contribution is 5.88. The third kappa shape index (κ3) is 3.71. The summed E-state index contributed by atoms with van der Waals surface area (Å²) in [7, 11) is 5.72. The van der Waals surface area contributed by atoms with Crippen LogP contribution in [0.5, 0.6) is 5.75 Å². The molecule has 0 aliphatic heterocycles. The van der Waals surface area contributed by atoms with Crippen LogP contribution in [0.2, 0.25) is 0 Å². The van der Waals surface area contributed by atoms with Crippen LogP contribution in [0.3, 0.4) is 0 Å². The van der Waals surface area contributed by atoms with Crippen LogP contribution in [0.15, 0.2) is 61.1 Å².